The fourth-order valence-electron chi connectivity index (χ4n) is 2.07. The van der Waals surface area contributed by atoms with Gasteiger partial charge in [-0.15, -0.1) is 0 Å². The Morgan fingerprint density at radius 2 is 1.89 bits per heavy atom. The molecule has 0 heterocycles. The Labute approximate surface area is 116 Å². The van der Waals surface area contributed by atoms with Gasteiger partial charge in [-0.05, 0) is 31.6 Å². The highest BCUT2D eigenvalue weighted by Crippen LogP contribution is 2.24. The molecule has 0 saturated carbocycles. The summed E-state index contributed by atoms with van der Waals surface area (Å²) < 4.78 is 5.86. The van der Waals surface area contributed by atoms with Gasteiger partial charge in [0.1, 0.15) is 12.4 Å². The second kappa shape index (κ2) is 7.95. The third-order valence-corrected chi connectivity index (χ3v) is 3.38. The van der Waals surface area contributed by atoms with Crippen molar-refractivity contribution in [1.82, 2.24) is 4.90 Å². The first-order valence-electron chi connectivity index (χ1n) is 7.11. The molecular weight excluding hydrogens is 238 g/mol. The molecule has 3 nitrogen and oxygen atoms in total. The van der Waals surface area contributed by atoms with Crippen molar-refractivity contribution in [3.05, 3.63) is 29.3 Å². The van der Waals surface area contributed by atoms with Crippen LogP contribution in [0.5, 0.6) is 5.75 Å². The molecule has 0 aliphatic carbocycles. The van der Waals surface area contributed by atoms with Gasteiger partial charge in [0.05, 0.1) is 5.56 Å². The molecule has 1 aromatic rings. The molecule has 0 aromatic heterocycles. The van der Waals surface area contributed by atoms with E-state index in [0.717, 1.165) is 30.9 Å². The van der Waals surface area contributed by atoms with Crippen molar-refractivity contribution >= 4 is 5.78 Å². The lowest BCUT2D eigenvalue weighted by molar-refractivity contribution is 0.0983. The van der Waals surface area contributed by atoms with Gasteiger partial charge in [0, 0.05) is 13.0 Å². The molecule has 0 saturated heterocycles. The van der Waals surface area contributed by atoms with Crippen LogP contribution in [0.2, 0.25) is 0 Å². The number of nitrogens with zero attached hydrogens (tertiary/aromatic N) is 1. The Morgan fingerprint density at radius 3 is 2.47 bits per heavy atom. The largest absolute Gasteiger partial charge is 0.491 e. The quantitative estimate of drug-likeness (QED) is 0.674. The van der Waals surface area contributed by atoms with E-state index in [9.17, 15) is 4.79 Å². The van der Waals surface area contributed by atoms with Gasteiger partial charge in [-0.25, -0.2) is 0 Å². The van der Waals surface area contributed by atoms with Crippen LogP contribution in [0.25, 0.3) is 0 Å². The first-order chi connectivity index (χ1) is 9.13. The van der Waals surface area contributed by atoms with Crippen molar-refractivity contribution < 1.29 is 9.53 Å². The second-order valence-electron chi connectivity index (χ2n) is 4.60. The minimum atomic E-state index is 0.140. The molecule has 1 rings (SSSR count). The lowest BCUT2D eigenvalue weighted by Crippen LogP contribution is -2.28. The third-order valence-electron chi connectivity index (χ3n) is 3.38. The van der Waals surface area contributed by atoms with Crippen molar-refractivity contribution in [3.63, 3.8) is 0 Å². The number of Topliss-reactive ketones (excluding diaryl/α,β-unsaturated/α-hetero) is 1. The average Bonchev–Trinajstić information content (AvgIpc) is 2.44. The van der Waals surface area contributed by atoms with E-state index in [1.165, 1.54) is 0 Å². The maximum atomic E-state index is 11.9. The first kappa shape index (κ1) is 15.7. The molecule has 0 aliphatic heterocycles. The van der Waals surface area contributed by atoms with E-state index in [2.05, 4.69) is 18.7 Å². The van der Waals surface area contributed by atoms with Crippen molar-refractivity contribution in [2.24, 2.45) is 0 Å². The summed E-state index contributed by atoms with van der Waals surface area (Å²) in [6.45, 7) is 11.7. The highest BCUT2D eigenvalue weighted by atomic mass is 16.5. The van der Waals surface area contributed by atoms with Crippen LogP contribution < -0.4 is 4.74 Å². The van der Waals surface area contributed by atoms with Crippen molar-refractivity contribution in [1.29, 1.82) is 0 Å². The smallest absolute Gasteiger partial charge is 0.166 e. The SMILES string of the molecule is CCC(=O)c1cccc(C)c1OCCN(CC)CC. The molecule has 0 spiro atoms. The van der Waals surface area contributed by atoms with E-state index in [0.29, 0.717) is 18.6 Å². The van der Waals surface area contributed by atoms with Gasteiger partial charge in [-0.1, -0.05) is 32.9 Å². The minimum absolute atomic E-state index is 0.140. The van der Waals surface area contributed by atoms with E-state index in [-0.39, 0.29) is 5.78 Å². The summed E-state index contributed by atoms with van der Waals surface area (Å²) in [5.74, 6) is 0.892. The van der Waals surface area contributed by atoms with E-state index >= 15 is 0 Å². The molecule has 19 heavy (non-hydrogen) atoms. The van der Waals surface area contributed by atoms with Crippen LogP contribution in [-0.4, -0.2) is 36.9 Å². The number of para-hydroxylation sites is 1. The topological polar surface area (TPSA) is 29.5 Å². The fraction of sp³-hybridized carbons (Fsp3) is 0.562. The first-order valence-corrected chi connectivity index (χ1v) is 7.11. The van der Waals surface area contributed by atoms with Crippen LogP contribution >= 0.6 is 0 Å². The molecule has 0 amide bonds. The van der Waals surface area contributed by atoms with Gasteiger partial charge >= 0.3 is 0 Å². The molecule has 0 atom stereocenters. The summed E-state index contributed by atoms with van der Waals surface area (Å²) in [5.41, 5.74) is 1.74. The molecule has 0 radical (unpaired) electrons. The highest BCUT2D eigenvalue weighted by molar-refractivity contribution is 5.98. The molecule has 3 heteroatoms. The normalized spacial score (nSPS) is 10.8. The van der Waals surface area contributed by atoms with E-state index in [1.54, 1.807) is 0 Å². The summed E-state index contributed by atoms with van der Waals surface area (Å²) in [6, 6.07) is 5.75. The lowest BCUT2D eigenvalue weighted by atomic mass is 10.0. The summed E-state index contributed by atoms with van der Waals surface area (Å²) >= 11 is 0. The number of ketones is 1. The predicted octanol–water partition coefficient (Wildman–Crippen LogP) is 3.31. The minimum Gasteiger partial charge on any atom is -0.491 e. The van der Waals surface area contributed by atoms with Gasteiger partial charge in [-0.3, -0.25) is 4.79 Å². The number of ether oxygens (including phenoxy) is 1. The summed E-state index contributed by atoms with van der Waals surface area (Å²) in [6.07, 6.45) is 0.510. The number of hydrogen-bond donors (Lipinski definition) is 0. The molecular formula is C16H25NO2. The molecule has 106 valence electrons. The fourth-order valence-corrected chi connectivity index (χ4v) is 2.07. The summed E-state index contributed by atoms with van der Waals surface area (Å²) in [4.78, 5) is 14.2. The Hall–Kier alpha value is -1.35. The molecule has 0 bridgehead atoms. The monoisotopic (exact) mass is 263 g/mol. The number of benzene rings is 1. The molecule has 0 fully saturated rings. The van der Waals surface area contributed by atoms with Gasteiger partial charge in [0.15, 0.2) is 5.78 Å². The Bertz CT molecular complexity index is 411. The Kier molecular flexibility index (Phi) is 6.57. The zero-order chi connectivity index (χ0) is 14.3. The number of rotatable bonds is 8. The number of aryl methyl sites for hydroxylation is 1. The number of likely N-dealkylation sites (N-methyl/N-ethyl adjacent to an activating group) is 1. The van der Waals surface area contributed by atoms with Gasteiger partial charge in [0.2, 0.25) is 0 Å². The maximum absolute atomic E-state index is 11.9. The van der Waals surface area contributed by atoms with Crippen molar-refractivity contribution in [2.45, 2.75) is 34.1 Å². The van der Waals surface area contributed by atoms with Crippen LogP contribution in [0.1, 0.15) is 43.1 Å². The maximum Gasteiger partial charge on any atom is 0.166 e. The van der Waals surface area contributed by atoms with Gasteiger partial charge < -0.3 is 9.64 Å². The average molecular weight is 263 g/mol. The summed E-state index contributed by atoms with van der Waals surface area (Å²) in [7, 11) is 0. The highest BCUT2D eigenvalue weighted by Gasteiger charge is 2.13. The number of carbonyl (C=O) groups excluding carboxylic acids is 1. The zero-order valence-electron chi connectivity index (χ0n) is 12.5. The third kappa shape index (κ3) is 4.35. The Morgan fingerprint density at radius 1 is 1.21 bits per heavy atom. The Balaban J connectivity index is 2.74. The van der Waals surface area contributed by atoms with Crippen molar-refractivity contribution in [3.8, 4) is 5.75 Å². The lowest BCUT2D eigenvalue weighted by Gasteiger charge is -2.19. The standard InChI is InChI=1S/C16H25NO2/c1-5-15(18)14-10-8-9-13(4)16(14)19-12-11-17(6-2)7-3/h8-10H,5-7,11-12H2,1-4H3. The number of hydrogen-bond acceptors (Lipinski definition) is 3. The van der Waals surface area contributed by atoms with Crippen LogP contribution in [-0.2, 0) is 0 Å². The van der Waals surface area contributed by atoms with Crippen LogP contribution in [0.4, 0.5) is 0 Å². The van der Waals surface area contributed by atoms with Crippen LogP contribution in [0.15, 0.2) is 18.2 Å². The van der Waals surface area contributed by atoms with Crippen LogP contribution in [0, 0.1) is 6.92 Å². The summed E-state index contributed by atoms with van der Waals surface area (Å²) in [5, 5.41) is 0. The second-order valence-corrected chi connectivity index (χ2v) is 4.60. The number of carbonyl (C=O) groups is 1. The zero-order valence-corrected chi connectivity index (χ0v) is 12.5. The molecule has 0 aliphatic rings. The molecule has 0 unspecified atom stereocenters. The molecule has 1 aromatic carbocycles. The molecule has 0 N–H and O–H groups in total. The van der Waals surface area contributed by atoms with Crippen molar-refractivity contribution in [2.75, 3.05) is 26.2 Å². The van der Waals surface area contributed by atoms with E-state index in [1.807, 2.05) is 32.0 Å². The van der Waals surface area contributed by atoms with E-state index < -0.39 is 0 Å². The predicted molar refractivity (Wildman–Crippen MR) is 79.1 cm³/mol. The van der Waals surface area contributed by atoms with Gasteiger partial charge in [-0.2, -0.15) is 0 Å². The van der Waals surface area contributed by atoms with Gasteiger partial charge in [0.25, 0.3) is 0 Å². The van der Waals surface area contributed by atoms with E-state index in [4.69, 9.17) is 4.74 Å². The van der Waals surface area contributed by atoms with Crippen LogP contribution in [0.3, 0.4) is 0 Å².